The van der Waals surface area contributed by atoms with E-state index in [1.54, 1.807) is 14.2 Å². The Hall–Kier alpha value is -2.05. The normalized spacial score (nSPS) is 20.0. The lowest BCUT2D eigenvalue weighted by molar-refractivity contribution is -0.168. The molecule has 1 amide bonds. The third-order valence-electron chi connectivity index (χ3n) is 4.50. The van der Waals surface area contributed by atoms with Crippen molar-refractivity contribution in [1.29, 1.82) is 0 Å². The van der Waals surface area contributed by atoms with Gasteiger partial charge in [0.1, 0.15) is 5.75 Å². The molecule has 1 aliphatic heterocycles. The molecule has 1 N–H and O–H groups in total. The molecule has 1 atom stereocenters. The summed E-state index contributed by atoms with van der Waals surface area (Å²) in [6.07, 6.45) is 2.12. The monoisotopic (exact) mass is 346 g/mol. The molecule has 6 heteroatoms. The molecule has 2 aromatic rings. The molecule has 1 aromatic heterocycles. The van der Waals surface area contributed by atoms with Crippen LogP contribution < -0.4 is 4.74 Å². The Balaban J connectivity index is 1.80. The molecule has 1 fully saturated rings. The summed E-state index contributed by atoms with van der Waals surface area (Å²) < 4.78 is 16.7. The van der Waals surface area contributed by atoms with Gasteiger partial charge in [-0.2, -0.15) is 0 Å². The van der Waals surface area contributed by atoms with E-state index in [0.29, 0.717) is 26.1 Å². The number of rotatable bonds is 5. The second-order valence-corrected chi connectivity index (χ2v) is 7.10. The van der Waals surface area contributed by atoms with Crippen molar-refractivity contribution in [1.82, 2.24) is 9.88 Å². The molecule has 6 nitrogen and oxygen atoms in total. The Bertz CT molecular complexity index is 753. The first-order valence-corrected chi connectivity index (χ1v) is 8.51. The summed E-state index contributed by atoms with van der Waals surface area (Å²) in [7, 11) is 3.29. The predicted molar refractivity (Wildman–Crippen MR) is 96.0 cm³/mol. The number of nitrogens with one attached hydrogen (secondary N) is 1. The van der Waals surface area contributed by atoms with Crippen LogP contribution in [0.2, 0.25) is 0 Å². The van der Waals surface area contributed by atoms with Gasteiger partial charge in [0.15, 0.2) is 0 Å². The Labute approximate surface area is 148 Å². The van der Waals surface area contributed by atoms with Crippen LogP contribution in [0.4, 0.5) is 0 Å². The molecule has 0 radical (unpaired) electrons. The Morgan fingerprint density at radius 3 is 2.92 bits per heavy atom. The smallest absolute Gasteiger partial charge is 0.227 e. The SMILES string of the molecule is COCC1CN(C(=O)Cc2c[nH]c3cccc(OC)c23)CC(C)(C)O1. The molecular formula is C19H26N2O4. The van der Waals surface area contributed by atoms with Gasteiger partial charge in [0.25, 0.3) is 0 Å². The lowest BCUT2D eigenvalue weighted by atomic mass is 10.0. The van der Waals surface area contributed by atoms with E-state index in [1.807, 2.05) is 43.1 Å². The molecule has 0 spiro atoms. The van der Waals surface area contributed by atoms with E-state index < -0.39 is 0 Å². The van der Waals surface area contributed by atoms with Crippen LogP contribution in [0.1, 0.15) is 19.4 Å². The minimum absolute atomic E-state index is 0.0873. The van der Waals surface area contributed by atoms with E-state index in [0.717, 1.165) is 22.2 Å². The van der Waals surface area contributed by atoms with Gasteiger partial charge >= 0.3 is 0 Å². The third kappa shape index (κ3) is 3.80. The number of aromatic nitrogens is 1. The second-order valence-electron chi connectivity index (χ2n) is 7.10. The standard InChI is InChI=1S/C19H26N2O4/c1-19(2)12-21(10-14(25-19)11-23-3)17(22)8-13-9-20-15-6-5-7-16(24-4)18(13)15/h5-7,9,14,20H,8,10-12H2,1-4H3. The van der Waals surface area contributed by atoms with E-state index in [1.165, 1.54) is 0 Å². The van der Waals surface area contributed by atoms with Crippen LogP contribution >= 0.6 is 0 Å². The Kier molecular flexibility index (Phi) is 5.01. The van der Waals surface area contributed by atoms with Crippen LogP contribution in [-0.4, -0.2) is 61.4 Å². The van der Waals surface area contributed by atoms with Crippen LogP contribution in [-0.2, 0) is 20.7 Å². The number of amides is 1. The van der Waals surface area contributed by atoms with Gasteiger partial charge in [-0.3, -0.25) is 4.79 Å². The Morgan fingerprint density at radius 2 is 2.20 bits per heavy atom. The number of methoxy groups -OCH3 is 2. The lowest BCUT2D eigenvalue weighted by Crippen LogP contribution is -2.56. The van der Waals surface area contributed by atoms with Gasteiger partial charge < -0.3 is 24.1 Å². The average Bonchev–Trinajstić information content (AvgIpc) is 2.97. The summed E-state index contributed by atoms with van der Waals surface area (Å²) in [4.78, 5) is 18.0. The van der Waals surface area contributed by atoms with Crippen molar-refractivity contribution in [3.63, 3.8) is 0 Å². The quantitative estimate of drug-likeness (QED) is 0.903. The highest BCUT2D eigenvalue weighted by molar-refractivity contribution is 5.93. The lowest BCUT2D eigenvalue weighted by Gasteiger charge is -2.42. The molecule has 0 saturated carbocycles. The number of nitrogens with zero attached hydrogens (tertiary/aromatic N) is 1. The minimum Gasteiger partial charge on any atom is -0.496 e. The minimum atomic E-state index is -0.380. The zero-order valence-corrected chi connectivity index (χ0v) is 15.3. The van der Waals surface area contributed by atoms with Crippen molar-refractivity contribution >= 4 is 16.8 Å². The van der Waals surface area contributed by atoms with Crippen molar-refractivity contribution < 1.29 is 19.0 Å². The fourth-order valence-corrected chi connectivity index (χ4v) is 3.56. The van der Waals surface area contributed by atoms with Crippen LogP contribution in [0.15, 0.2) is 24.4 Å². The number of morpholine rings is 1. The van der Waals surface area contributed by atoms with Gasteiger partial charge in [-0.25, -0.2) is 0 Å². The van der Waals surface area contributed by atoms with Crippen molar-refractivity contribution in [2.24, 2.45) is 0 Å². The topological polar surface area (TPSA) is 63.8 Å². The molecule has 1 saturated heterocycles. The van der Waals surface area contributed by atoms with Crippen LogP contribution in [0.25, 0.3) is 10.9 Å². The van der Waals surface area contributed by atoms with Crippen LogP contribution in [0, 0.1) is 0 Å². The first kappa shape index (κ1) is 17.8. The van der Waals surface area contributed by atoms with Gasteiger partial charge in [-0.15, -0.1) is 0 Å². The van der Waals surface area contributed by atoms with E-state index in [2.05, 4.69) is 4.98 Å². The molecule has 0 bridgehead atoms. The number of ether oxygens (including phenoxy) is 3. The van der Waals surface area contributed by atoms with E-state index >= 15 is 0 Å². The predicted octanol–water partition coefficient (Wildman–Crippen LogP) is 2.37. The molecule has 1 unspecified atom stereocenters. The average molecular weight is 346 g/mol. The first-order valence-electron chi connectivity index (χ1n) is 8.51. The van der Waals surface area contributed by atoms with Crippen molar-refractivity contribution in [2.45, 2.75) is 32.0 Å². The van der Waals surface area contributed by atoms with Crippen LogP contribution in [0.5, 0.6) is 5.75 Å². The van der Waals surface area contributed by atoms with E-state index in [4.69, 9.17) is 14.2 Å². The Morgan fingerprint density at radius 1 is 1.40 bits per heavy atom. The van der Waals surface area contributed by atoms with E-state index in [-0.39, 0.29) is 17.6 Å². The molecular weight excluding hydrogens is 320 g/mol. The highest BCUT2D eigenvalue weighted by atomic mass is 16.5. The van der Waals surface area contributed by atoms with Gasteiger partial charge in [0, 0.05) is 37.3 Å². The zero-order valence-electron chi connectivity index (χ0n) is 15.3. The number of H-pyrrole nitrogens is 1. The summed E-state index contributed by atoms with van der Waals surface area (Å²) in [5.74, 6) is 0.866. The molecule has 2 heterocycles. The maximum absolute atomic E-state index is 12.9. The number of carbonyl (C=O) groups excluding carboxylic acids is 1. The fraction of sp³-hybridized carbons (Fsp3) is 0.526. The molecule has 3 rings (SSSR count). The number of fused-ring (bicyclic) bond motifs is 1. The number of benzene rings is 1. The van der Waals surface area contributed by atoms with E-state index in [9.17, 15) is 4.79 Å². The molecule has 25 heavy (non-hydrogen) atoms. The summed E-state index contributed by atoms with van der Waals surface area (Å²) in [6.45, 7) is 5.61. The van der Waals surface area contributed by atoms with Crippen molar-refractivity contribution in [2.75, 3.05) is 33.9 Å². The maximum Gasteiger partial charge on any atom is 0.227 e. The van der Waals surface area contributed by atoms with Crippen molar-refractivity contribution in [3.05, 3.63) is 30.0 Å². The number of hydrogen-bond donors (Lipinski definition) is 1. The van der Waals surface area contributed by atoms with Crippen LogP contribution in [0.3, 0.4) is 0 Å². The number of carbonyl (C=O) groups is 1. The highest BCUT2D eigenvalue weighted by Crippen LogP contribution is 2.29. The first-order chi connectivity index (χ1) is 11.9. The summed E-state index contributed by atoms with van der Waals surface area (Å²) in [6, 6.07) is 5.83. The maximum atomic E-state index is 12.9. The second kappa shape index (κ2) is 7.06. The summed E-state index contributed by atoms with van der Waals surface area (Å²) in [5, 5.41) is 0.972. The molecule has 0 aliphatic carbocycles. The number of aromatic amines is 1. The fourth-order valence-electron chi connectivity index (χ4n) is 3.56. The molecule has 1 aliphatic rings. The molecule has 136 valence electrons. The zero-order chi connectivity index (χ0) is 18.0. The van der Waals surface area contributed by atoms with Gasteiger partial charge in [0.2, 0.25) is 5.91 Å². The number of hydrogen-bond acceptors (Lipinski definition) is 4. The van der Waals surface area contributed by atoms with Gasteiger partial charge in [-0.1, -0.05) is 6.07 Å². The highest BCUT2D eigenvalue weighted by Gasteiger charge is 2.35. The van der Waals surface area contributed by atoms with Gasteiger partial charge in [0.05, 0.1) is 31.8 Å². The largest absolute Gasteiger partial charge is 0.496 e. The van der Waals surface area contributed by atoms with Gasteiger partial charge in [-0.05, 0) is 31.5 Å². The summed E-state index contributed by atoms with van der Waals surface area (Å²) in [5.41, 5.74) is 1.54. The molecule has 1 aromatic carbocycles. The third-order valence-corrected chi connectivity index (χ3v) is 4.50. The van der Waals surface area contributed by atoms with Crippen molar-refractivity contribution in [3.8, 4) is 5.75 Å². The summed E-state index contributed by atoms with van der Waals surface area (Å²) >= 11 is 0.